The van der Waals surface area contributed by atoms with Gasteiger partial charge in [-0.25, -0.2) is 4.39 Å². The lowest BCUT2D eigenvalue weighted by Gasteiger charge is -2.33. The highest BCUT2D eigenvalue weighted by Gasteiger charge is 2.27. The molecule has 0 spiro atoms. The summed E-state index contributed by atoms with van der Waals surface area (Å²) in [5.74, 6) is -0.663. The lowest BCUT2D eigenvalue weighted by molar-refractivity contribution is 0.0518. The molecule has 0 aliphatic carbocycles. The zero-order valence-electron chi connectivity index (χ0n) is 10.8. The Labute approximate surface area is 117 Å². The molecule has 5 heteroatoms. The second-order valence-electron chi connectivity index (χ2n) is 4.99. The van der Waals surface area contributed by atoms with Crippen molar-refractivity contribution in [2.24, 2.45) is 5.92 Å². The average molecular weight is 286 g/mol. The molecule has 0 aromatic heterocycles. The van der Waals surface area contributed by atoms with E-state index < -0.39 is 5.82 Å². The minimum absolute atomic E-state index is 0.0167. The Morgan fingerprint density at radius 1 is 1.47 bits per heavy atom. The van der Waals surface area contributed by atoms with E-state index in [0.29, 0.717) is 18.1 Å². The number of aliphatic hydroxyl groups excluding tert-OH is 1. The number of piperidine rings is 1. The summed E-state index contributed by atoms with van der Waals surface area (Å²) >= 11 is 5.79. The fraction of sp³-hybridized carbons (Fsp3) is 0.500. The number of benzene rings is 1. The third-order valence-electron chi connectivity index (χ3n) is 3.67. The van der Waals surface area contributed by atoms with Crippen LogP contribution in [0.3, 0.4) is 0 Å². The van der Waals surface area contributed by atoms with Gasteiger partial charge in [0.25, 0.3) is 5.91 Å². The molecule has 104 valence electrons. The Morgan fingerprint density at radius 3 is 2.68 bits per heavy atom. The standard InChI is InChI=1S/C14H17ClFNO2/c1-9(18)10-4-6-17(7-5-10)14(19)12-8-11(15)2-3-13(12)16/h2-3,8-10,18H,4-7H2,1H3. The molecule has 1 N–H and O–H groups in total. The third-order valence-corrected chi connectivity index (χ3v) is 3.90. The Bertz CT molecular complexity index is 471. The Balaban J connectivity index is 2.07. The maximum Gasteiger partial charge on any atom is 0.256 e. The van der Waals surface area contributed by atoms with Crippen LogP contribution in [0, 0.1) is 11.7 Å². The van der Waals surface area contributed by atoms with Crippen LogP contribution in [0.25, 0.3) is 0 Å². The van der Waals surface area contributed by atoms with Crippen LogP contribution in [0.4, 0.5) is 4.39 Å². The van der Waals surface area contributed by atoms with Crippen LogP contribution in [-0.2, 0) is 0 Å². The van der Waals surface area contributed by atoms with Gasteiger partial charge >= 0.3 is 0 Å². The van der Waals surface area contributed by atoms with Crippen LogP contribution in [0.2, 0.25) is 5.02 Å². The third kappa shape index (κ3) is 3.25. The predicted molar refractivity (Wildman–Crippen MR) is 71.7 cm³/mol. The topological polar surface area (TPSA) is 40.5 Å². The van der Waals surface area contributed by atoms with Crippen molar-refractivity contribution >= 4 is 17.5 Å². The van der Waals surface area contributed by atoms with Crippen molar-refractivity contribution in [1.82, 2.24) is 4.90 Å². The molecule has 1 heterocycles. The SMILES string of the molecule is CC(O)C1CCN(C(=O)c2cc(Cl)ccc2F)CC1. The number of amides is 1. The number of carbonyl (C=O) groups is 1. The summed E-state index contributed by atoms with van der Waals surface area (Å²) in [6.45, 7) is 2.85. The van der Waals surface area contributed by atoms with E-state index in [9.17, 15) is 14.3 Å². The lowest BCUT2D eigenvalue weighted by Crippen LogP contribution is -2.41. The molecule has 1 atom stereocenters. The van der Waals surface area contributed by atoms with Crippen molar-refractivity contribution in [3.05, 3.63) is 34.6 Å². The van der Waals surface area contributed by atoms with Gasteiger partial charge in [-0.3, -0.25) is 4.79 Å². The van der Waals surface area contributed by atoms with E-state index in [2.05, 4.69) is 0 Å². The highest BCUT2D eigenvalue weighted by atomic mass is 35.5. The zero-order chi connectivity index (χ0) is 14.0. The molecule has 1 unspecified atom stereocenters. The molecule has 2 rings (SSSR count). The van der Waals surface area contributed by atoms with Gasteiger partial charge < -0.3 is 10.0 Å². The number of hydrogen-bond acceptors (Lipinski definition) is 2. The molecular weight excluding hydrogens is 269 g/mol. The monoisotopic (exact) mass is 285 g/mol. The van der Waals surface area contributed by atoms with Crippen LogP contribution in [0.5, 0.6) is 0 Å². The quantitative estimate of drug-likeness (QED) is 0.908. The molecule has 1 amide bonds. The Kier molecular flexibility index (Phi) is 4.42. The van der Waals surface area contributed by atoms with E-state index >= 15 is 0 Å². The predicted octanol–water partition coefficient (Wildman–Crippen LogP) is 2.71. The number of nitrogens with zero attached hydrogens (tertiary/aromatic N) is 1. The van der Waals surface area contributed by atoms with Crippen LogP contribution >= 0.6 is 11.6 Å². The van der Waals surface area contributed by atoms with Gasteiger partial charge in [0, 0.05) is 18.1 Å². The summed E-state index contributed by atoms with van der Waals surface area (Å²) in [7, 11) is 0. The summed E-state index contributed by atoms with van der Waals surface area (Å²) in [5, 5.41) is 9.87. The van der Waals surface area contributed by atoms with Crippen molar-refractivity contribution in [3.63, 3.8) is 0 Å². The van der Waals surface area contributed by atoms with E-state index in [1.807, 2.05) is 0 Å². The number of carbonyl (C=O) groups excluding carboxylic acids is 1. The maximum absolute atomic E-state index is 13.6. The Hall–Kier alpha value is -1.13. The van der Waals surface area contributed by atoms with Gasteiger partial charge in [-0.05, 0) is 43.9 Å². The van der Waals surface area contributed by atoms with Crippen molar-refractivity contribution < 1.29 is 14.3 Å². The number of rotatable bonds is 2. The molecule has 1 aliphatic rings. The molecular formula is C14H17ClFNO2. The van der Waals surface area contributed by atoms with E-state index in [0.717, 1.165) is 12.8 Å². The molecule has 0 saturated carbocycles. The van der Waals surface area contributed by atoms with Gasteiger partial charge in [-0.2, -0.15) is 0 Å². The lowest BCUT2D eigenvalue weighted by atomic mass is 9.92. The number of likely N-dealkylation sites (tertiary alicyclic amines) is 1. The summed E-state index contributed by atoms with van der Waals surface area (Å²) in [6, 6.07) is 3.99. The average Bonchev–Trinajstić information content (AvgIpc) is 2.41. The highest BCUT2D eigenvalue weighted by molar-refractivity contribution is 6.31. The first-order valence-corrected chi connectivity index (χ1v) is 6.79. The first-order valence-electron chi connectivity index (χ1n) is 6.41. The van der Waals surface area contributed by atoms with E-state index in [-0.39, 0.29) is 23.5 Å². The van der Waals surface area contributed by atoms with Crippen LogP contribution < -0.4 is 0 Å². The van der Waals surface area contributed by atoms with Crippen LogP contribution in [-0.4, -0.2) is 35.1 Å². The Morgan fingerprint density at radius 2 is 2.11 bits per heavy atom. The van der Waals surface area contributed by atoms with Crippen LogP contribution in [0.1, 0.15) is 30.1 Å². The van der Waals surface area contributed by atoms with E-state index in [4.69, 9.17) is 11.6 Å². The van der Waals surface area contributed by atoms with Gasteiger partial charge in [0.15, 0.2) is 0 Å². The van der Waals surface area contributed by atoms with E-state index in [1.54, 1.807) is 11.8 Å². The highest BCUT2D eigenvalue weighted by Crippen LogP contribution is 2.23. The van der Waals surface area contributed by atoms with Gasteiger partial charge in [-0.1, -0.05) is 11.6 Å². The fourth-order valence-electron chi connectivity index (χ4n) is 2.42. The van der Waals surface area contributed by atoms with Gasteiger partial charge in [0.1, 0.15) is 5.82 Å². The molecule has 3 nitrogen and oxygen atoms in total. The normalized spacial score (nSPS) is 18.4. The van der Waals surface area contributed by atoms with Gasteiger partial charge in [-0.15, -0.1) is 0 Å². The molecule has 1 saturated heterocycles. The number of aliphatic hydroxyl groups is 1. The van der Waals surface area contributed by atoms with Crippen LogP contribution in [0.15, 0.2) is 18.2 Å². The summed E-state index contributed by atoms with van der Waals surface area (Å²) < 4.78 is 13.6. The molecule has 19 heavy (non-hydrogen) atoms. The molecule has 1 aliphatic heterocycles. The molecule has 1 aromatic carbocycles. The summed E-state index contributed by atoms with van der Waals surface area (Å²) in [6.07, 6.45) is 1.12. The smallest absolute Gasteiger partial charge is 0.256 e. The summed E-state index contributed by atoms with van der Waals surface area (Å²) in [4.78, 5) is 13.8. The molecule has 1 aromatic rings. The van der Waals surface area contributed by atoms with E-state index in [1.165, 1.54) is 18.2 Å². The van der Waals surface area contributed by atoms with Crippen molar-refractivity contribution in [2.45, 2.75) is 25.9 Å². The van der Waals surface area contributed by atoms with Crippen molar-refractivity contribution in [1.29, 1.82) is 0 Å². The van der Waals surface area contributed by atoms with Crippen molar-refractivity contribution in [3.8, 4) is 0 Å². The molecule has 0 bridgehead atoms. The largest absolute Gasteiger partial charge is 0.393 e. The van der Waals surface area contributed by atoms with Gasteiger partial charge in [0.05, 0.1) is 11.7 Å². The number of hydrogen-bond donors (Lipinski definition) is 1. The van der Waals surface area contributed by atoms with Gasteiger partial charge in [0.2, 0.25) is 0 Å². The maximum atomic E-state index is 13.6. The molecule has 1 fully saturated rings. The first kappa shape index (κ1) is 14.3. The summed E-state index contributed by atoms with van der Waals surface area (Å²) in [5.41, 5.74) is 0.0167. The minimum atomic E-state index is -0.549. The fourth-order valence-corrected chi connectivity index (χ4v) is 2.59. The second kappa shape index (κ2) is 5.88. The number of halogens is 2. The second-order valence-corrected chi connectivity index (χ2v) is 5.43. The van der Waals surface area contributed by atoms with Crippen molar-refractivity contribution in [2.75, 3.05) is 13.1 Å². The zero-order valence-corrected chi connectivity index (χ0v) is 11.5. The first-order chi connectivity index (χ1) is 8.99. The minimum Gasteiger partial charge on any atom is -0.393 e. The molecule has 0 radical (unpaired) electrons.